The van der Waals surface area contributed by atoms with E-state index < -0.39 is 0 Å². The summed E-state index contributed by atoms with van der Waals surface area (Å²) >= 11 is 6.07. The van der Waals surface area contributed by atoms with Crippen LogP contribution < -0.4 is 0 Å². The molecular formula is C25H26ClN3O2. The van der Waals surface area contributed by atoms with Crippen LogP contribution >= 0.6 is 11.6 Å². The number of rotatable bonds is 4. The van der Waals surface area contributed by atoms with Gasteiger partial charge >= 0.3 is 0 Å². The number of phenolic OH excluding ortho intramolecular Hbond substituents is 1. The van der Waals surface area contributed by atoms with E-state index in [9.17, 15) is 9.90 Å². The molecule has 0 atom stereocenters. The second-order valence-corrected chi connectivity index (χ2v) is 8.68. The number of phenols is 1. The highest BCUT2D eigenvalue weighted by Crippen LogP contribution is 2.29. The lowest BCUT2D eigenvalue weighted by atomic mass is 10.00. The minimum atomic E-state index is 0.0956. The Morgan fingerprint density at radius 2 is 1.84 bits per heavy atom. The number of aromatic hydroxyl groups is 1. The minimum Gasteiger partial charge on any atom is -0.508 e. The molecule has 3 aromatic rings. The first-order chi connectivity index (χ1) is 14.9. The van der Waals surface area contributed by atoms with Gasteiger partial charge in [-0.25, -0.2) is 9.97 Å². The first kappa shape index (κ1) is 21.3. The van der Waals surface area contributed by atoms with Gasteiger partial charge in [0.15, 0.2) is 0 Å². The van der Waals surface area contributed by atoms with E-state index in [4.69, 9.17) is 21.6 Å². The van der Waals surface area contributed by atoms with Crippen LogP contribution in [0.2, 0.25) is 5.02 Å². The summed E-state index contributed by atoms with van der Waals surface area (Å²) in [6, 6.07) is 14.6. The number of halogens is 1. The number of amides is 1. The van der Waals surface area contributed by atoms with E-state index in [0.29, 0.717) is 37.4 Å². The lowest BCUT2D eigenvalue weighted by Crippen LogP contribution is -2.34. The summed E-state index contributed by atoms with van der Waals surface area (Å²) in [6.07, 6.45) is 1.74. The van der Waals surface area contributed by atoms with E-state index in [2.05, 4.69) is 13.8 Å². The number of hydrogen-bond acceptors (Lipinski definition) is 4. The smallest absolute Gasteiger partial charge is 0.227 e. The number of carbonyl (C=O) groups excluding carboxylic acids is 1. The molecule has 1 aliphatic heterocycles. The van der Waals surface area contributed by atoms with Gasteiger partial charge in [-0.3, -0.25) is 4.79 Å². The number of aromatic nitrogens is 2. The van der Waals surface area contributed by atoms with E-state index in [1.165, 1.54) is 0 Å². The predicted molar refractivity (Wildman–Crippen MR) is 122 cm³/mol. The van der Waals surface area contributed by atoms with Crippen LogP contribution in [0.25, 0.3) is 11.3 Å². The zero-order chi connectivity index (χ0) is 22.0. The Labute approximate surface area is 187 Å². The molecule has 0 radical (unpaired) electrons. The van der Waals surface area contributed by atoms with Crippen LogP contribution in [0.5, 0.6) is 5.75 Å². The fourth-order valence-electron chi connectivity index (χ4n) is 3.92. The Kier molecular flexibility index (Phi) is 6.23. The number of nitrogens with zero attached hydrogens (tertiary/aromatic N) is 3. The van der Waals surface area contributed by atoms with Gasteiger partial charge in [0, 0.05) is 47.3 Å². The van der Waals surface area contributed by atoms with Crippen molar-refractivity contribution in [3.8, 4) is 17.0 Å². The van der Waals surface area contributed by atoms with E-state index in [0.717, 1.165) is 33.9 Å². The number of benzene rings is 2. The van der Waals surface area contributed by atoms with Crippen LogP contribution in [0.3, 0.4) is 0 Å². The maximum Gasteiger partial charge on any atom is 0.227 e. The maximum absolute atomic E-state index is 13.0. The maximum atomic E-state index is 13.0. The summed E-state index contributed by atoms with van der Waals surface area (Å²) in [6.45, 7) is 5.43. The van der Waals surface area contributed by atoms with E-state index >= 15 is 0 Å². The topological polar surface area (TPSA) is 66.3 Å². The molecule has 0 aliphatic carbocycles. The van der Waals surface area contributed by atoms with Crippen LogP contribution in [-0.2, 0) is 24.1 Å². The van der Waals surface area contributed by atoms with E-state index in [-0.39, 0.29) is 17.6 Å². The Morgan fingerprint density at radius 1 is 1.10 bits per heavy atom. The first-order valence-electron chi connectivity index (χ1n) is 10.6. The molecule has 160 valence electrons. The third kappa shape index (κ3) is 4.88. The lowest BCUT2D eigenvalue weighted by Gasteiger charge is -2.20. The molecule has 0 spiro atoms. The summed E-state index contributed by atoms with van der Waals surface area (Å²) in [5.41, 5.74) is 4.88. The number of hydrogen-bond donors (Lipinski definition) is 1. The zero-order valence-corrected chi connectivity index (χ0v) is 18.6. The fourth-order valence-corrected chi connectivity index (χ4v) is 4.13. The van der Waals surface area contributed by atoms with Gasteiger partial charge in [-0.2, -0.15) is 0 Å². The molecule has 2 aromatic carbocycles. The molecule has 1 aliphatic rings. The first-order valence-corrected chi connectivity index (χ1v) is 11.0. The highest BCUT2D eigenvalue weighted by atomic mass is 35.5. The van der Waals surface area contributed by atoms with Crippen molar-refractivity contribution in [2.45, 2.75) is 39.0 Å². The third-order valence-corrected chi connectivity index (χ3v) is 5.85. The van der Waals surface area contributed by atoms with Crippen LogP contribution in [-0.4, -0.2) is 39.0 Å². The lowest BCUT2D eigenvalue weighted by molar-refractivity contribution is -0.130. The summed E-state index contributed by atoms with van der Waals surface area (Å²) in [5.74, 6) is 1.33. The van der Waals surface area contributed by atoms with Gasteiger partial charge in [-0.15, -0.1) is 0 Å². The van der Waals surface area contributed by atoms with Gasteiger partial charge < -0.3 is 10.0 Å². The van der Waals surface area contributed by atoms with Crippen LogP contribution in [0.4, 0.5) is 0 Å². The second-order valence-electron chi connectivity index (χ2n) is 8.24. The summed E-state index contributed by atoms with van der Waals surface area (Å²) in [7, 11) is 0. The van der Waals surface area contributed by atoms with E-state index in [1.54, 1.807) is 12.1 Å². The van der Waals surface area contributed by atoms with Gasteiger partial charge in [0.2, 0.25) is 5.91 Å². The molecule has 6 heteroatoms. The molecule has 0 unspecified atom stereocenters. The van der Waals surface area contributed by atoms with Crippen molar-refractivity contribution in [2.24, 2.45) is 0 Å². The molecule has 1 amide bonds. The molecular weight excluding hydrogens is 410 g/mol. The van der Waals surface area contributed by atoms with Crippen molar-refractivity contribution in [1.82, 2.24) is 14.9 Å². The normalized spacial score (nSPS) is 13.7. The van der Waals surface area contributed by atoms with E-state index in [1.807, 2.05) is 41.3 Å². The molecule has 1 N–H and O–H groups in total. The minimum absolute atomic E-state index is 0.0956. The number of fused-ring (bicyclic) bond motifs is 1. The van der Waals surface area contributed by atoms with Crippen molar-refractivity contribution in [3.63, 3.8) is 0 Å². The van der Waals surface area contributed by atoms with Crippen molar-refractivity contribution in [2.75, 3.05) is 13.1 Å². The monoisotopic (exact) mass is 435 g/mol. The summed E-state index contributed by atoms with van der Waals surface area (Å²) in [4.78, 5) is 24.6. The van der Waals surface area contributed by atoms with Gasteiger partial charge in [-0.05, 0) is 48.4 Å². The fraction of sp³-hybridized carbons (Fsp3) is 0.320. The van der Waals surface area contributed by atoms with Gasteiger partial charge in [0.25, 0.3) is 0 Å². The summed E-state index contributed by atoms with van der Waals surface area (Å²) in [5, 5.41) is 10.3. The highest BCUT2D eigenvalue weighted by Gasteiger charge is 2.24. The molecule has 0 saturated heterocycles. The van der Waals surface area contributed by atoms with Crippen LogP contribution in [0, 0.1) is 0 Å². The Balaban J connectivity index is 1.61. The molecule has 31 heavy (non-hydrogen) atoms. The van der Waals surface area contributed by atoms with Crippen molar-refractivity contribution in [3.05, 3.63) is 76.2 Å². The summed E-state index contributed by atoms with van der Waals surface area (Å²) < 4.78 is 0. The molecule has 0 bridgehead atoms. The zero-order valence-electron chi connectivity index (χ0n) is 17.8. The largest absolute Gasteiger partial charge is 0.508 e. The van der Waals surface area contributed by atoms with Crippen LogP contribution in [0.15, 0.2) is 48.5 Å². The van der Waals surface area contributed by atoms with Gasteiger partial charge in [0.05, 0.1) is 12.1 Å². The van der Waals surface area contributed by atoms with Gasteiger partial charge in [0.1, 0.15) is 11.6 Å². The quantitative estimate of drug-likeness (QED) is 0.639. The molecule has 2 heterocycles. The Hall–Kier alpha value is -2.92. The molecule has 5 nitrogen and oxygen atoms in total. The highest BCUT2D eigenvalue weighted by molar-refractivity contribution is 6.30. The van der Waals surface area contributed by atoms with Crippen molar-refractivity contribution >= 4 is 17.5 Å². The second kappa shape index (κ2) is 9.06. The average Bonchev–Trinajstić information content (AvgIpc) is 2.96. The third-order valence-electron chi connectivity index (χ3n) is 5.61. The Bertz CT molecular complexity index is 1100. The average molecular weight is 436 g/mol. The van der Waals surface area contributed by atoms with Crippen molar-refractivity contribution < 1.29 is 9.90 Å². The molecule has 1 aromatic heterocycles. The SMILES string of the molecule is CC(C)c1nc2c(c(-c3ccc(O)cc3)n1)CCN(C(=O)Cc1cccc(Cl)c1)CC2. The number of carbonyl (C=O) groups is 1. The van der Waals surface area contributed by atoms with Crippen LogP contribution in [0.1, 0.15) is 42.4 Å². The molecule has 0 saturated carbocycles. The Morgan fingerprint density at radius 3 is 2.55 bits per heavy atom. The van der Waals surface area contributed by atoms with Gasteiger partial charge in [-0.1, -0.05) is 37.6 Å². The van der Waals surface area contributed by atoms with Crippen molar-refractivity contribution in [1.29, 1.82) is 0 Å². The predicted octanol–water partition coefficient (Wildman–Crippen LogP) is 4.80. The standard InChI is InChI=1S/C25H26ClN3O2/c1-16(2)25-27-22-11-13-29(23(31)15-17-4-3-5-19(26)14-17)12-10-21(22)24(28-25)18-6-8-20(30)9-7-18/h3-9,14,16,30H,10-13,15H2,1-2H3. The molecule has 0 fully saturated rings. The molecule has 4 rings (SSSR count).